The van der Waals surface area contributed by atoms with E-state index >= 15 is 0 Å². The zero-order valence-electron chi connectivity index (χ0n) is 37.9. The predicted molar refractivity (Wildman–Crippen MR) is 233 cm³/mol. The van der Waals surface area contributed by atoms with Crippen LogP contribution in [-0.4, -0.2) is 216 Å². The Kier molecular flexibility index (Phi) is 23.3. The van der Waals surface area contributed by atoms with Crippen molar-refractivity contribution >= 4 is 30.3 Å². The average Bonchev–Trinajstić information content (AvgIpc) is 4.21. The third-order valence-corrected chi connectivity index (χ3v) is 11.5. The van der Waals surface area contributed by atoms with E-state index < -0.39 is 49.0 Å². The molecule has 0 aromatic carbocycles. The highest BCUT2D eigenvalue weighted by Crippen LogP contribution is 2.20. The molecule has 21 heteroatoms. The predicted octanol–water partition coefficient (Wildman–Crippen LogP) is 1.43. The summed E-state index contributed by atoms with van der Waals surface area (Å²) >= 11 is 0. The van der Waals surface area contributed by atoms with Crippen molar-refractivity contribution in [3.8, 4) is 0 Å². The van der Waals surface area contributed by atoms with Crippen molar-refractivity contribution < 1.29 is 58.6 Å². The van der Waals surface area contributed by atoms with Gasteiger partial charge in [-0.1, -0.05) is 38.5 Å². The summed E-state index contributed by atoms with van der Waals surface area (Å²) < 4.78 is 21.1. The normalized spacial score (nSPS) is 25.7. The minimum Gasteiger partial charge on any atom is -0.447 e. The van der Waals surface area contributed by atoms with Crippen LogP contribution in [0.5, 0.6) is 0 Å². The van der Waals surface area contributed by atoms with Crippen molar-refractivity contribution in [1.82, 2.24) is 40.4 Å². The first-order valence-corrected chi connectivity index (χ1v) is 23.3. The maximum Gasteiger partial charge on any atom is 0.407 e. The number of carbonyl (C=O) groups excluding carboxylic acids is 4. The maximum absolute atomic E-state index is 13.7. The number of nitrogens with one attached hydrogen (secondary N) is 3. The molecular formula is C42H77N9O12. The van der Waals surface area contributed by atoms with E-state index in [-0.39, 0.29) is 32.4 Å². The summed E-state index contributed by atoms with van der Waals surface area (Å²) in [4.78, 5) is 63.3. The molecule has 10 atom stereocenters. The van der Waals surface area contributed by atoms with Crippen molar-refractivity contribution in [2.75, 3.05) is 98.4 Å². The first kappa shape index (κ1) is 51.9. The molecule has 362 valence electrons. The van der Waals surface area contributed by atoms with Crippen LogP contribution in [0.25, 0.3) is 0 Å². The molecule has 7 N–H and O–H groups in total. The summed E-state index contributed by atoms with van der Waals surface area (Å²) in [5.41, 5.74) is 0. The summed E-state index contributed by atoms with van der Waals surface area (Å²) in [5.74, 6) is 0. The van der Waals surface area contributed by atoms with Gasteiger partial charge in [-0.2, -0.15) is 0 Å². The lowest BCUT2D eigenvalue weighted by atomic mass is 10.2. The van der Waals surface area contributed by atoms with Gasteiger partial charge in [0, 0.05) is 96.7 Å². The van der Waals surface area contributed by atoms with Gasteiger partial charge in [-0.15, -0.1) is 0 Å². The van der Waals surface area contributed by atoms with E-state index in [1.807, 2.05) is 0 Å². The molecule has 21 nitrogen and oxygen atoms in total. The van der Waals surface area contributed by atoms with Crippen LogP contribution in [0.3, 0.4) is 0 Å². The lowest BCUT2D eigenvalue weighted by molar-refractivity contribution is -0.146. The van der Waals surface area contributed by atoms with Crippen molar-refractivity contribution in [2.45, 2.75) is 141 Å². The number of carbonyl (C=O) groups is 4. The zero-order chi connectivity index (χ0) is 45.6. The molecule has 0 aliphatic carbocycles. The summed E-state index contributed by atoms with van der Waals surface area (Å²) in [6.07, 6.45) is 3.51. The highest BCUT2D eigenvalue weighted by Gasteiger charge is 2.38. The van der Waals surface area contributed by atoms with Crippen LogP contribution in [-0.2, 0) is 18.9 Å². The molecule has 63 heavy (non-hydrogen) atoms. The van der Waals surface area contributed by atoms with E-state index in [1.165, 1.54) is 9.80 Å². The number of hydrogen-bond acceptors (Lipinski definition) is 16. The van der Waals surface area contributed by atoms with E-state index in [0.29, 0.717) is 103 Å². The number of aliphatic hydroxyl groups is 4. The Labute approximate surface area is 372 Å². The number of aliphatic hydroxyl groups excluding tert-OH is 4. The number of ether oxygens (including phenoxy) is 4. The van der Waals surface area contributed by atoms with Crippen LogP contribution in [0.1, 0.15) is 97.8 Å². The lowest BCUT2D eigenvalue weighted by Gasteiger charge is -2.39. The Morgan fingerprint density at radius 3 is 1.38 bits per heavy atom. The smallest absolute Gasteiger partial charge is 0.407 e. The van der Waals surface area contributed by atoms with Gasteiger partial charge in [0.15, 0.2) is 0 Å². The zero-order valence-corrected chi connectivity index (χ0v) is 37.9. The summed E-state index contributed by atoms with van der Waals surface area (Å²) in [5, 5.41) is 49.0. The van der Waals surface area contributed by atoms with E-state index in [1.54, 1.807) is 0 Å². The number of urea groups is 1. The quantitative estimate of drug-likeness (QED) is 0.0280. The van der Waals surface area contributed by atoms with Crippen molar-refractivity contribution in [1.29, 1.82) is 0 Å². The van der Waals surface area contributed by atoms with Gasteiger partial charge in [0.05, 0.1) is 0 Å². The number of aliphatic imine (C=N–C) groups is 1. The van der Waals surface area contributed by atoms with Gasteiger partial charge in [-0.3, -0.25) is 19.6 Å². The number of amides is 5. The summed E-state index contributed by atoms with van der Waals surface area (Å²) in [6, 6.07) is 1.08. The van der Waals surface area contributed by atoms with Crippen LogP contribution in [0.4, 0.5) is 19.2 Å². The molecule has 4 aliphatic rings. The van der Waals surface area contributed by atoms with Gasteiger partial charge in [0.1, 0.15) is 38.1 Å². The van der Waals surface area contributed by atoms with E-state index in [2.05, 4.69) is 56.4 Å². The SMILES string of the molecule is CC1CN1CC(O)COC(=O)NCCCCCC/N=C1/OC(O)N(CCCCCCNC(=O)OCC(O)CN2CC2C)C(=O)N1CCCCCCNC(=O)OCC(O)CN1CC1C. The Bertz CT molecular complexity index is 1420. The number of β-amino-alcohol motifs (C(OH)–C–C–N with tert-alkyl or cyclic N) is 3. The largest absolute Gasteiger partial charge is 0.447 e. The molecule has 10 unspecified atom stereocenters. The van der Waals surface area contributed by atoms with Crippen molar-refractivity contribution in [2.24, 2.45) is 4.99 Å². The van der Waals surface area contributed by atoms with Crippen molar-refractivity contribution in [3.05, 3.63) is 0 Å². The standard InChI is InChI=1S/C42H77N9O12/c1-31-22-47(31)25-34(52)28-60-38(55)44-17-11-5-4-10-16-43-37-50(20-14-8-6-12-18-45-39(56)61-29-35(53)26-48-23-32(48)2)41(58)51(42(59)63-37)21-15-9-7-13-19-46-40(57)62-30-36(54)27-49-24-33(49)3/h31-36,42,52-54,59H,4-30H2,1-3H3,(H,44,55)(H,45,56)(H,46,57)/b43-37+. The molecule has 4 heterocycles. The minimum atomic E-state index is -1.48. The molecule has 4 rings (SSSR count). The summed E-state index contributed by atoms with van der Waals surface area (Å²) in [7, 11) is 0. The van der Waals surface area contributed by atoms with E-state index in [9.17, 15) is 39.6 Å². The Balaban J connectivity index is 1.11. The van der Waals surface area contributed by atoms with Crippen molar-refractivity contribution in [3.63, 3.8) is 0 Å². The number of amidine groups is 1. The van der Waals surface area contributed by atoms with Gasteiger partial charge >= 0.3 is 24.3 Å². The molecule has 0 aromatic heterocycles. The molecule has 0 radical (unpaired) electrons. The van der Waals surface area contributed by atoms with E-state index in [4.69, 9.17) is 18.9 Å². The monoisotopic (exact) mass is 900 g/mol. The Morgan fingerprint density at radius 1 is 0.619 bits per heavy atom. The Morgan fingerprint density at radius 2 is 0.984 bits per heavy atom. The molecule has 0 saturated carbocycles. The highest BCUT2D eigenvalue weighted by molar-refractivity contribution is 5.95. The first-order valence-electron chi connectivity index (χ1n) is 23.3. The van der Waals surface area contributed by atoms with Crippen LogP contribution in [0, 0.1) is 0 Å². The van der Waals surface area contributed by atoms with Crippen LogP contribution < -0.4 is 16.0 Å². The first-order chi connectivity index (χ1) is 30.3. The van der Waals surface area contributed by atoms with Crippen LogP contribution >= 0.6 is 0 Å². The molecule has 4 aliphatic heterocycles. The van der Waals surface area contributed by atoms with Gasteiger partial charge in [0.2, 0.25) is 0 Å². The second-order valence-electron chi connectivity index (χ2n) is 17.4. The molecule has 4 fully saturated rings. The Hall–Kier alpha value is -3.73. The topological polar surface area (TPSA) is 250 Å². The fourth-order valence-corrected chi connectivity index (χ4v) is 7.20. The molecule has 0 spiro atoms. The fourth-order valence-electron chi connectivity index (χ4n) is 7.20. The minimum absolute atomic E-state index is 0.0453. The van der Waals surface area contributed by atoms with Crippen LogP contribution in [0.15, 0.2) is 4.99 Å². The molecule has 4 saturated heterocycles. The number of nitrogens with zero attached hydrogens (tertiary/aromatic N) is 6. The second kappa shape index (κ2) is 28.2. The number of hydrogen-bond donors (Lipinski definition) is 7. The number of rotatable bonds is 33. The average molecular weight is 900 g/mol. The molecule has 0 aromatic rings. The second-order valence-corrected chi connectivity index (χ2v) is 17.4. The highest BCUT2D eigenvalue weighted by atomic mass is 16.6. The lowest BCUT2D eigenvalue weighted by Crippen LogP contribution is -2.58. The van der Waals surface area contributed by atoms with E-state index in [0.717, 1.165) is 64.6 Å². The van der Waals surface area contributed by atoms with Gasteiger partial charge in [-0.25, -0.2) is 29.1 Å². The number of unbranched alkanes of at least 4 members (excludes halogenated alkanes) is 9. The van der Waals surface area contributed by atoms with Gasteiger partial charge < -0.3 is 55.3 Å². The van der Waals surface area contributed by atoms with Gasteiger partial charge in [-0.05, 0) is 59.3 Å². The summed E-state index contributed by atoms with van der Waals surface area (Å²) in [6.45, 7) is 12.6. The van der Waals surface area contributed by atoms with Crippen LogP contribution in [0.2, 0.25) is 0 Å². The third-order valence-electron chi connectivity index (χ3n) is 11.5. The fraction of sp³-hybridized carbons (Fsp3) is 0.881. The third kappa shape index (κ3) is 21.7. The molecule has 0 bridgehead atoms. The maximum atomic E-state index is 13.7. The molecule has 5 amide bonds. The van der Waals surface area contributed by atoms with Gasteiger partial charge in [0.25, 0.3) is 12.4 Å². The molecular weight excluding hydrogens is 823 g/mol. The number of alkyl carbamates (subject to hydrolysis) is 3.